The second-order valence-corrected chi connectivity index (χ2v) is 8.57. The predicted molar refractivity (Wildman–Crippen MR) is 99.8 cm³/mol. The van der Waals surface area contributed by atoms with Crippen LogP contribution in [0, 0.1) is 0 Å². The molecule has 0 radical (unpaired) electrons. The van der Waals surface area contributed by atoms with Gasteiger partial charge in [0.1, 0.15) is 12.3 Å². The molecule has 25 heavy (non-hydrogen) atoms. The van der Waals surface area contributed by atoms with Crippen LogP contribution in [0.2, 0.25) is 5.02 Å². The van der Waals surface area contributed by atoms with Crippen molar-refractivity contribution in [3.05, 3.63) is 23.2 Å². The Morgan fingerprint density at radius 2 is 2.12 bits per heavy atom. The van der Waals surface area contributed by atoms with E-state index in [0.29, 0.717) is 17.3 Å². The standard InChI is InChI=1S/C17H25ClN2O4S/c1-4-14-7-5-6-10-19(14)17(21)12-20(25(3,22)23)15-11-13(18)8-9-16(15)24-2/h8-9,11,14H,4-7,10,12H2,1-3H3. The third-order valence-corrected chi connectivity index (χ3v) is 5.87. The maximum absolute atomic E-state index is 12.8. The number of piperidine rings is 1. The Morgan fingerprint density at radius 3 is 2.72 bits per heavy atom. The number of nitrogens with zero attached hydrogens (tertiary/aromatic N) is 2. The number of carbonyl (C=O) groups is 1. The van der Waals surface area contributed by atoms with E-state index in [1.165, 1.54) is 13.2 Å². The molecule has 1 aromatic rings. The minimum atomic E-state index is -3.68. The quantitative estimate of drug-likeness (QED) is 0.751. The minimum Gasteiger partial charge on any atom is -0.495 e. The fraction of sp³-hybridized carbons (Fsp3) is 0.588. The fourth-order valence-corrected chi connectivity index (χ4v) is 4.22. The number of halogens is 1. The molecule has 6 nitrogen and oxygen atoms in total. The molecule has 0 bridgehead atoms. The van der Waals surface area contributed by atoms with Gasteiger partial charge < -0.3 is 9.64 Å². The Morgan fingerprint density at radius 1 is 1.40 bits per heavy atom. The van der Waals surface area contributed by atoms with Crippen LogP contribution in [0.4, 0.5) is 5.69 Å². The van der Waals surface area contributed by atoms with Crippen LogP contribution in [-0.4, -0.2) is 51.7 Å². The molecule has 1 aliphatic heterocycles. The van der Waals surface area contributed by atoms with Crippen molar-refractivity contribution in [2.24, 2.45) is 0 Å². The molecule has 0 aliphatic carbocycles. The highest BCUT2D eigenvalue weighted by atomic mass is 35.5. The lowest BCUT2D eigenvalue weighted by molar-refractivity contribution is -0.133. The first-order valence-electron chi connectivity index (χ1n) is 8.38. The monoisotopic (exact) mass is 388 g/mol. The second kappa shape index (κ2) is 8.27. The van der Waals surface area contributed by atoms with E-state index in [9.17, 15) is 13.2 Å². The SMILES string of the molecule is CCC1CCCCN1C(=O)CN(c1cc(Cl)ccc1OC)S(C)(=O)=O. The van der Waals surface area contributed by atoms with Crippen molar-refractivity contribution in [3.8, 4) is 5.75 Å². The lowest BCUT2D eigenvalue weighted by Gasteiger charge is -2.36. The number of sulfonamides is 1. The third kappa shape index (κ3) is 4.79. The summed E-state index contributed by atoms with van der Waals surface area (Å²) in [5.74, 6) is 0.160. The van der Waals surface area contributed by atoms with E-state index in [-0.39, 0.29) is 24.2 Å². The van der Waals surface area contributed by atoms with E-state index in [4.69, 9.17) is 16.3 Å². The van der Waals surface area contributed by atoms with Crippen LogP contribution in [0.5, 0.6) is 5.75 Å². The molecule has 8 heteroatoms. The van der Waals surface area contributed by atoms with Crippen molar-refractivity contribution >= 4 is 33.2 Å². The van der Waals surface area contributed by atoms with Gasteiger partial charge in [-0.1, -0.05) is 18.5 Å². The summed E-state index contributed by atoms with van der Waals surface area (Å²) in [6, 6.07) is 4.88. The summed E-state index contributed by atoms with van der Waals surface area (Å²) in [5, 5.41) is 0.376. The number of likely N-dealkylation sites (tertiary alicyclic amines) is 1. The molecule has 1 atom stereocenters. The molecular weight excluding hydrogens is 364 g/mol. The van der Waals surface area contributed by atoms with Gasteiger partial charge >= 0.3 is 0 Å². The van der Waals surface area contributed by atoms with Crippen LogP contribution in [0.25, 0.3) is 0 Å². The second-order valence-electron chi connectivity index (χ2n) is 6.23. The highest BCUT2D eigenvalue weighted by Gasteiger charge is 2.30. The Kier molecular flexibility index (Phi) is 6.57. The molecular formula is C17H25ClN2O4S. The third-order valence-electron chi connectivity index (χ3n) is 4.51. The van der Waals surface area contributed by atoms with Gasteiger partial charge in [0.15, 0.2) is 0 Å². The zero-order valence-electron chi connectivity index (χ0n) is 14.9. The first-order valence-corrected chi connectivity index (χ1v) is 10.6. The largest absolute Gasteiger partial charge is 0.495 e. The zero-order chi connectivity index (χ0) is 18.6. The molecule has 1 saturated heterocycles. The average molecular weight is 389 g/mol. The number of benzene rings is 1. The minimum absolute atomic E-state index is 0.170. The van der Waals surface area contributed by atoms with E-state index in [2.05, 4.69) is 0 Å². The van der Waals surface area contributed by atoms with E-state index < -0.39 is 10.0 Å². The Labute approximate surface area is 154 Å². The number of hydrogen-bond donors (Lipinski definition) is 0. The van der Waals surface area contributed by atoms with Crippen LogP contribution in [0.15, 0.2) is 18.2 Å². The van der Waals surface area contributed by atoms with Crippen molar-refractivity contribution in [1.29, 1.82) is 0 Å². The van der Waals surface area contributed by atoms with E-state index in [1.807, 2.05) is 6.92 Å². The van der Waals surface area contributed by atoms with Crippen molar-refractivity contribution < 1.29 is 17.9 Å². The number of amides is 1. The first kappa shape index (κ1) is 19.8. The molecule has 1 heterocycles. The van der Waals surface area contributed by atoms with Gasteiger partial charge in [-0.3, -0.25) is 9.10 Å². The van der Waals surface area contributed by atoms with Crippen LogP contribution in [0.3, 0.4) is 0 Å². The van der Waals surface area contributed by atoms with E-state index in [1.54, 1.807) is 17.0 Å². The number of carbonyl (C=O) groups excluding carboxylic acids is 1. The van der Waals surface area contributed by atoms with Crippen LogP contribution >= 0.6 is 11.6 Å². The topological polar surface area (TPSA) is 66.9 Å². The van der Waals surface area contributed by atoms with E-state index >= 15 is 0 Å². The van der Waals surface area contributed by atoms with E-state index in [0.717, 1.165) is 36.2 Å². The number of rotatable bonds is 6. The lowest BCUT2D eigenvalue weighted by Crippen LogP contribution is -2.49. The van der Waals surface area contributed by atoms with Crippen LogP contribution in [0.1, 0.15) is 32.6 Å². The normalized spacial score (nSPS) is 18.1. The molecule has 1 amide bonds. The summed E-state index contributed by atoms with van der Waals surface area (Å²) in [5.41, 5.74) is 0.274. The van der Waals surface area contributed by atoms with Gasteiger partial charge in [-0.2, -0.15) is 0 Å². The molecule has 0 N–H and O–H groups in total. The summed E-state index contributed by atoms with van der Waals surface area (Å²) >= 11 is 6.03. The smallest absolute Gasteiger partial charge is 0.243 e. The Balaban J connectivity index is 2.33. The van der Waals surface area contributed by atoms with Crippen molar-refractivity contribution in [2.45, 2.75) is 38.6 Å². The average Bonchev–Trinajstić information content (AvgIpc) is 2.58. The summed E-state index contributed by atoms with van der Waals surface area (Å²) < 4.78 is 31.0. The molecule has 0 spiro atoms. The van der Waals surface area contributed by atoms with Gasteiger partial charge in [0.2, 0.25) is 15.9 Å². The molecule has 1 fully saturated rings. The Bertz CT molecular complexity index is 723. The zero-order valence-corrected chi connectivity index (χ0v) is 16.4. The molecule has 1 aromatic carbocycles. The van der Waals surface area contributed by atoms with Gasteiger partial charge in [0.25, 0.3) is 0 Å². The Hall–Kier alpha value is -1.47. The number of hydrogen-bond acceptors (Lipinski definition) is 4. The lowest BCUT2D eigenvalue weighted by atomic mass is 10.00. The van der Waals surface area contributed by atoms with Crippen molar-refractivity contribution in [3.63, 3.8) is 0 Å². The molecule has 0 saturated carbocycles. The van der Waals surface area contributed by atoms with Gasteiger partial charge in [0.05, 0.1) is 19.1 Å². The summed E-state index contributed by atoms with van der Waals surface area (Å²) in [7, 11) is -2.23. The van der Waals surface area contributed by atoms with Crippen molar-refractivity contribution in [1.82, 2.24) is 4.90 Å². The van der Waals surface area contributed by atoms with Crippen LogP contribution in [-0.2, 0) is 14.8 Å². The maximum atomic E-state index is 12.8. The van der Waals surface area contributed by atoms with Crippen LogP contribution < -0.4 is 9.04 Å². The maximum Gasteiger partial charge on any atom is 0.243 e. The predicted octanol–water partition coefficient (Wildman–Crippen LogP) is 2.91. The number of ether oxygens (including phenoxy) is 1. The molecule has 1 unspecified atom stereocenters. The summed E-state index contributed by atoms with van der Waals surface area (Å²) in [6.07, 6.45) is 4.95. The van der Waals surface area contributed by atoms with Crippen molar-refractivity contribution in [2.75, 3.05) is 30.8 Å². The molecule has 2 rings (SSSR count). The van der Waals surface area contributed by atoms with Gasteiger partial charge in [-0.05, 0) is 43.9 Å². The fourth-order valence-electron chi connectivity index (χ4n) is 3.21. The summed E-state index contributed by atoms with van der Waals surface area (Å²) in [4.78, 5) is 14.6. The molecule has 140 valence electrons. The summed E-state index contributed by atoms with van der Waals surface area (Å²) in [6.45, 7) is 2.46. The highest BCUT2D eigenvalue weighted by Crippen LogP contribution is 2.33. The first-order chi connectivity index (χ1) is 11.8. The van der Waals surface area contributed by atoms with Gasteiger partial charge in [0, 0.05) is 17.6 Å². The van der Waals surface area contributed by atoms with Gasteiger partial charge in [-0.25, -0.2) is 8.42 Å². The molecule has 0 aromatic heterocycles. The number of methoxy groups -OCH3 is 1. The number of anilines is 1. The molecule has 1 aliphatic rings. The van der Waals surface area contributed by atoms with Gasteiger partial charge in [-0.15, -0.1) is 0 Å². The highest BCUT2D eigenvalue weighted by molar-refractivity contribution is 7.92.